The van der Waals surface area contributed by atoms with Crippen LogP contribution in [0.2, 0.25) is 0 Å². The first-order chi connectivity index (χ1) is 15.3. The summed E-state index contributed by atoms with van der Waals surface area (Å²) in [5.74, 6) is 0.530. The molecule has 8 heteroatoms. The van der Waals surface area contributed by atoms with E-state index in [1.807, 2.05) is 63.5 Å². The van der Waals surface area contributed by atoms with E-state index >= 15 is 0 Å². The number of imidazole rings is 1. The number of nitrogens with zero attached hydrogens (tertiary/aromatic N) is 4. The molecule has 32 heavy (non-hydrogen) atoms. The van der Waals surface area contributed by atoms with Crippen molar-refractivity contribution in [1.82, 2.24) is 24.9 Å². The van der Waals surface area contributed by atoms with Crippen molar-refractivity contribution in [2.75, 3.05) is 0 Å². The zero-order chi connectivity index (χ0) is 22.3. The van der Waals surface area contributed by atoms with E-state index in [1.54, 1.807) is 10.7 Å². The molecule has 8 nitrogen and oxygen atoms in total. The molecule has 1 saturated carbocycles. The second-order valence-corrected chi connectivity index (χ2v) is 9.08. The largest absolute Gasteiger partial charge is 0.473 e. The molecule has 0 spiro atoms. The van der Waals surface area contributed by atoms with Gasteiger partial charge in [0.1, 0.15) is 11.7 Å². The number of alkyl carbamates (subject to hydrolysis) is 1. The Morgan fingerprint density at radius 1 is 1.09 bits per heavy atom. The number of hydrogen-bond donors (Lipinski definition) is 1. The van der Waals surface area contributed by atoms with Gasteiger partial charge in [0.2, 0.25) is 5.88 Å². The smallest absolute Gasteiger partial charge is 0.407 e. The Bertz CT molecular complexity index is 1290. The molecule has 164 valence electrons. The SMILES string of the molecule is CC(C)(C)OC(=O)NC1CC(Oc2ccc3ncc(-c4ccc5cnccc5c4)n3n2)C1. The van der Waals surface area contributed by atoms with Gasteiger partial charge >= 0.3 is 6.09 Å². The van der Waals surface area contributed by atoms with E-state index in [0.717, 1.165) is 27.7 Å². The molecule has 3 heterocycles. The summed E-state index contributed by atoms with van der Waals surface area (Å²) in [6, 6.07) is 12.0. The van der Waals surface area contributed by atoms with E-state index in [9.17, 15) is 4.79 Å². The minimum Gasteiger partial charge on any atom is -0.473 e. The molecule has 0 bridgehead atoms. The van der Waals surface area contributed by atoms with Crippen LogP contribution in [0.25, 0.3) is 27.7 Å². The Hall–Kier alpha value is -3.68. The number of aromatic nitrogens is 4. The van der Waals surface area contributed by atoms with E-state index in [2.05, 4.69) is 26.4 Å². The third-order valence-corrected chi connectivity index (χ3v) is 5.38. The fourth-order valence-corrected chi connectivity index (χ4v) is 3.78. The summed E-state index contributed by atoms with van der Waals surface area (Å²) in [7, 11) is 0. The molecule has 0 radical (unpaired) electrons. The highest BCUT2D eigenvalue weighted by atomic mass is 16.6. The fourth-order valence-electron chi connectivity index (χ4n) is 3.78. The molecule has 1 aromatic carbocycles. The van der Waals surface area contributed by atoms with Crippen molar-refractivity contribution in [2.24, 2.45) is 0 Å². The van der Waals surface area contributed by atoms with Gasteiger partial charge in [0.25, 0.3) is 0 Å². The molecule has 3 aromatic heterocycles. The van der Waals surface area contributed by atoms with Gasteiger partial charge in [0.05, 0.1) is 11.9 Å². The van der Waals surface area contributed by atoms with Gasteiger partial charge in [0, 0.05) is 48.3 Å². The topological polar surface area (TPSA) is 90.6 Å². The number of benzene rings is 1. The van der Waals surface area contributed by atoms with Crippen LogP contribution in [-0.4, -0.2) is 43.4 Å². The summed E-state index contributed by atoms with van der Waals surface area (Å²) in [6.45, 7) is 5.54. The molecule has 1 aliphatic rings. The molecule has 5 rings (SSSR count). The van der Waals surface area contributed by atoms with Gasteiger partial charge in [-0.1, -0.05) is 12.1 Å². The lowest BCUT2D eigenvalue weighted by Gasteiger charge is -2.35. The number of pyridine rings is 1. The average molecular weight is 431 g/mol. The monoisotopic (exact) mass is 431 g/mol. The van der Waals surface area contributed by atoms with E-state index < -0.39 is 11.7 Å². The van der Waals surface area contributed by atoms with Crippen LogP contribution >= 0.6 is 0 Å². The number of carbonyl (C=O) groups excluding carboxylic acids is 1. The lowest BCUT2D eigenvalue weighted by Crippen LogP contribution is -2.50. The predicted octanol–water partition coefficient (Wildman–Crippen LogP) is 4.38. The molecule has 1 N–H and O–H groups in total. The fraction of sp³-hybridized carbons (Fsp3) is 0.333. The highest BCUT2D eigenvalue weighted by Crippen LogP contribution is 2.28. The molecular weight excluding hydrogens is 406 g/mol. The van der Waals surface area contributed by atoms with Crippen LogP contribution in [0.1, 0.15) is 33.6 Å². The highest BCUT2D eigenvalue weighted by molar-refractivity contribution is 5.86. The first-order valence-corrected chi connectivity index (χ1v) is 10.7. The molecule has 4 aromatic rings. The normalized spacial score (nSPS) is 18.3. The second-order valence-electron chi connectivity index (χ2n) is 9.08. The van der Waals surface area contributed by atoms with Gasteiger partial charge in [-0.15, -0.1) is 5.10 Å². The number of ether oxygens (including phenoxy) is 2. The Balaban J connectivity index is 1.28. The van der Waals surface area contributed by atoms with Crippen molar-refractivity contribution < 1.29 is 14.3 Å². The van der Waals surface area contributed by atoms with Gasteiger partial charge in [-0.2, -0.15) is 0 Å². The van der Waals surface area contributed by atoms with Crippen molar-refractivity contribution in [1.29, 1.82) is 0 Å². The summed E-state index contributed by atoms with van der Waals surface area (Å²) in [4.78, 5) is 20.5. The van der Waals surface area contributed by atoms with Crippen molar-refractivity contribution >= 4 is 22.5 Å². The first-order valence-electron chi connectivity index (χ1n) is 10.7. The number of nitrogens with one attached hydrogen (secondary N) is 1. The van der Waals surface area contributed by atoms with Crippen LogP contribution in [0.4, 0.5) is 4.79 Å². The lowest BCUT2D eigenvalue weighted by atomic mass is 9.89. The van der Waals surface area contributed by atoms with Crippen molar-refractivity contribution in [3.8, 4) is 17.1 Å². The Morgan fingerprint density at radius 3 is 2.75 bits per heavy atom. The molecule has 0 aliphatic heterocycles. The third-order valence-electron chi connectivity index (χ3n) is 5.38. The number of fused-ring (bicyclic) bond motifs is 2. The number of hydrogen-bond acceptors (Lipinski definition) is 6. The minimum atomic E-state index is -0.506. The van der Waals surface area contributed by atoms with Gasteiger partial charge in [-0.25, -0.2) is 14.3 Å². The molecule has 1 fully saturated rings. The quantitative estimate of drug-likeness (QED) is 0.516. The Labute approximate surface area is 185 Å². The van der Waals surface area contributed by atoms with Crippen molar-refractivity contribution in [2.45, 2.75) is 51.4 Å². The van der Waals surface area contributed by atoms with Gasteiger partial charge < -0.3 is 14.8 Å². The maximum absolute atomic E-state index is 11.9. The zero-order valence-corrected chi connectivity index (χ0v) is 18.3. The average Bonchev–Trinajstić information content (AvgIpc) is 3.14. The van der Waals surface area contributed by atoms with E-state index in [-0.39, 0.29) is 12.1 Å². The van der Waals surface area contributed by atoms with E-state index in [4.69, 9.17) is 9.47 Å². The number of amides is 1. The van der Waals surface area contributed by atoms with Crippen molar-refractivity contribution in [3.63, 3.8) is 0 Å². The molecule has 0 saturated heterocycles. The Morgan fingerprint density at radius 2 is 1.94 bits per heavy atom. The van der Waals surface area contributed by atoms with E-state index in [1.165, 1.54) is 0 Å². The third kappa shape index (κ3) is 4.21. The molecule has 0 atom stereocenters. The van der Waals surface area contributed by atoms with Gasteiger partial charge in [0.15, 0.2) is 5.65 Å². The van der Waals surface area contributed by atoms with Crippen LogP contribution in [0.3, 0.4) is 0 Å². The van der Waals surface area contributed by atoms with Crippen LogP contribution in [0.5, 0.6) is 5.88 Å². The van der Waals surface area contributed by atoms with Crippen molar-refractivity contribution in [3.05, 3.63) is 55.0 Å². The first kappa shape index (κ1) is 20.2. The van der Waals surface area contributed by atoms with Crippen LogP contribution in [-0.2, 0) is 4.74 Å². The van der Waals surface area contributed by atoms with Crippen LogP contribution in [0, 0.1) is 0 Å². The number of rotatable bonds is 4. The molecule has 1 amide bonds. The summed E-state index contributed by atoms with van der Waals surface area (Å²) < 4.78 is 13.1. The van der Waals surface area contributed by atoms with Crippen LogP contribution in [0.15, 0.2) is 55.0 Å². The molecule has 1 aliphatic carbocycles. The summed E-state index contributed by atoms with van der Waals surface area (Å²) in [6.07, 6.45) is 6.49. The molecule has 0 unspecified atom stereocenters. The Kier molecular flexibility index (Phi) is 4.92. The van der Waals surface area contributed by atoms with Gasteiger partial charge in [-0.3, -0.25) is 4.98 Å². The lowest BCUT2D eigenvalue weighted by molar-refractivity contribution is 0.0352. The predicted molar refractivity (Wildman–Crippen MR) is 121 cm³/mol. The summed E-state index contributed by atoms with van der Waals surface area (Å²) >= 11 is 0. The second kappa shape index (κ2) is 7.78. The summed E-state index contributed by atoms with van der Waals surface area (Å²) in [5.41, 5.74) is 2.15. The maximum Gasteiger partial charge on any atom is 0.407 e. The maximum atomic E-state index is 11.9. The standard InChI is InChI=1S/C24H25N5O3/c1-24(2,3)32-23(30)27-18-11-19(12-18)31-22-7-6-21-26-14-20(29(21)28-22)16-4-5-17-13-25-9-8-15(17)10-16/h4-10,13-14,18-19H,11-12H2,1-3H3,(H,27,30). The van der Waals surface area contributed by atoms with Crippen LogP contribution < -0.4 is 10.1 Å². The van der Waals surface area contributed by atoms with E-state index in [0.29, 0.717) is 18.7 Å². The molecular formula is C24H25N5O3. The highest BCUT2D eigenvalue weighted by Gasteiger charge is 2.33. The number of carbonyl (C=O) groups is 1. The zero-order valence-electron chi connectivity index (χ0n) is 18.3. The summed E-state index contributed by atoms with van der Waals surface area (Å²) in [5, 5.41) is 9.73. The minimum absolute atomic E-state index is 0.0000251. The van der Waals surface area contributed by atoms with Gasteiger partial charge in [-0.05, 0) is 44.4 Å².